The first-order chi connectivity index (χ1) is 5.99. The molecule has 0 spiro atoms. The number of hydrogen-bond acceptors (Lipinski definition) is 2. The maximum atomic E-state index is 10.8. The molecule has 0 aromatic carbocycles. The Morgan fingerprint density at radius 3 is 2.31 bits per heavy atom. The van der Waals surface area contributed by atoms with Gasteiger partial charge in [-0.05, 0) is 0 Å². The van der Waals surface area contributed by atoms with Crippen molar-refractivity contribution in [1.82, 2.24) is 10.2 Å². The van der Waals surface area contributed by atoms with E-state index in [4.69, 9.17) is 0 Å². The number of rotatable bonds is 2. The number of nitrogens with zero attached hydrogens (tertiary/aromatic N) is 2. The normalized spacial score (nSPS) is 9.00. The summed E-state index contributed by atoms with van der Waals surface area (Å²) in [6.07, 6.45) is 0. The standard InChI is InChI=1S/C8H17N3O2/c1-10(2)8(11(3)4)9-6-7(12)13-5/h6H2,1-5H3/p+1. The lowest BCUT2D eigenvalue weighted by Crippen LogP contribution is -2.44. The minimum atomic E-state index is -0.277. The van der Waals surface area contributed by atoms with Gasteiger partial charge in [-0.15, -0.1) is 0 Å². The molecule has 1 N–H and O–H groups in total. The Morgan fingerprint density at radius 1 is 1.46 bits per heavy atom. The predicted octanol–water partition coefficient (Wildman–Crippen LogP) is -1.06. The number of guanidine groups is 1. The molecule has 0 rings (SSSR count). The highest BCUT2D eigenvalue weighted by Gasteiger charge is 2.12. The average Bonchev–Trinajstić information content (AvgIpc) is 2.03. The Hall–Kier alpha value is -1.26. The lowest BCUT2D eigenvalue weighted by atomic mass is 10.6. The van der Waals surface area contributed by atoms with Crippen molar-refractivity contribution in [2.24, 2.45) is 0 Å². The molecule has 0 aliphatic rings. The zero-order valence-electron chi connectivity index (χ0n) is 8.92. The lowest BCUT2D eigenvalue weighted by Gasteiger charge is -2.11. The Bertz CT molecular complexity index is 207. The van der Waals surface area contributed by atoms with E-state index in [9.17, 15) is 4.79 Å². The first-order valence-electron chi connectivity index (χ1n) is 4.01. The highest BCUT2D eigenvalue weighted by Crippen LogP contribution is 1.78. The van der Waals surface area contributed by atoms with Crippen molar-refractivity contribution in [1.29, 1.82) is 0 Å². The van der Waals surface area contributed by atoms with Gasteiger partial charge in [0, 0.05) is 0 Å². The lowest BCUT2D eigenvalue weighted by molar-refractivity contribution is -0.472. The summed E-state index contributed by atoms with van der Waals surface area (Å²) >= 11 is 0. The molecule has 0 heterocycles. The van der Waals surface area contributed by atoms with Crippen LogP contribution in [0.15, 0.2) is 0 Å². The number of ether oxygens (including phenoxy) is 1. The van der Waals surface area contributed by atoms with Crippen LogP contribution >= 0.6 is 0 Å². The average molecular weight is 188 g/mol. The number of carbonyl (C=O) groups excluding carboxylic acids is 1. The van der Waals surface area contributed by atoms with E-state index in [0.29, 0.717) is 0 Å². The highest BCUT2D eigenvalue weighted by atomic mass is 16.5. The van der Waals surface area contributed by atoms with Crippen LogP contribution in [-0.4, -0.2) is 63.2 Å². The molecule has 0 saturated carbocycles. The van der Waals surface area contributed by atoms with E-state index in [1.54, 1.807) is 0 Å². The minimum absolute atomic E-state index is 0.183. The molecule has 0 aromatic heterocycles. The molecule has 0 amide bonds. The number of hydrogen-bond donors (Lipinski definition) is 1. The maximum absolute atomic E-state index is 10.8. The molecule has 0 aliphatic carbocycles. The summed E-state index contributed by atoms with van der Waals surface area (Å²) in [4.78, 5) is 12.7. The SMILES string of the molecule is COC(=O)CNC(N(C)C)=[N+](C)C. The zero-order chi connectivity index (χ0) is 10.4. The molecule has 0 atom stereocenters. The molecule has 0 aromatic rings. The molecule has 5 nitrogen and oxygen atoms in total. The van der Waals surface area contributed by atoms with Gasteiger partial charge in [0.25, 0.3) is 0 Å². The number of esters is 1. The maximum Gasteiger partial charge on any atom is 0.347 e. The number of methoxy groups -OCH3 is 1. The van der Waals surface area contributed by atoms with E-state index in [1.807, 2.05) is 37.7 Å². The van der Waals surface area contributed by atoms with Gasteiger partial charge in [-0.3, -0.25) is 14.8 Å². The van der Waals surface area contributed by atoms with Crippen molar-refractivity contribution in [2.75, 3.05) is 41.8 Å². The summed E-state index contributed by atoms with van der Waals surface area (Å²) in [7, 11) is 8.98. The van der Waals surface area contributed by atoms with Gasteiger partial charge >= 0.3 is 11.9 Å². The summed E-state index contributed by atoms with van der Waals surface area (Å²) in [6, 6.07) is 0. The van der Waals surface area contributed by atoms with Crippen molar-refractivity contribution in [3.05, 3.63) is 0 Å². The van der Waals surface area contributed by atoms with Gasteiger partial charge in [0.2, 0.25) is 0 Å². The van der Waals surface area contributed by atoms with Crippen molar-refractivity contribution in [2.45, 2.75) is 0 Å². The Kier molecular flexibility index (Phi) is 4.87. The Balaban J connectivity index is 4.15. The molecular weight excluding hydrogens is 170 g/mol. The third kappa shape index (κ3) is 4.35. The fourth-order valence-electron chi connectivity index (χ4n) is 0.940. The predicted molar refractivity (Wildman–Crippen MR) is 50.8 cm³/mol. The molecular formula is C8H18N3O2+. The molecule has 0 aliphatic heterocycles. The van der Waals surface area contributed by atoms with Gasteiger partial charge < -0.3 is 4.74 Å². The molecule has 0 unspecified atom stereocenters. The van der Waals surface area contributed by atoms with Crippen molar-refractivity contribution in [3.8, 4) is 0 Å². The topological polar surface area (TPSA) is 44.6 Å². The monoisotopic (exact) mass is 188 g/mol. The summed E-state index contributed by atoms with van der Waals surface area (Å²) in [5.41, 5.74) is 0. The van der Waals surface area contributed by atoms with Crippen LogP contribution in [0.4, 0.5) is 0 Å². The van der Waals surface area contributed by atoms with Crippen LogP contribution in [0.2, 0.25) is 0 Å². The van der Waals surface area contributed by atoms with Crippen LogP contribution in [0.1, 0.15) is 0 Å². The van der Waals surface area contributed by atoms with E-state index in [2.05, 4.69) is 10.1 Å². The first-order valence-corrected chi connectivity index (χ1v) is 4.01. The van der Waals surface area contributed by atoms with E-state index >= 15 is 0 Å². The quantitative estimate of drug-likeness (QED) is 0.260. The highest BCUT2D eigenvalue weighted by molar-refractivity contribution is 5.80. The molecule has 0 saturated heterocycles. The van der Waals surface area contributed by atoms with Crippen LogP contribution in [0.3, 0.4) is 0 Å². The fraction of sp³-hybridized carbons (Fsp3) is 0.750. The largest absolute Gasteiger partial charge is 0.467 e. The molecule has 76 valence electrons. The van der Waals surface area contributed by atoms with Crippen molar-refractivity contribution in [3.63, 3.8) is 0 Å². The second kappa shape index (κ2) is 5.40. The van der Waals surface area contributed by atoms with Crippen LogP contribution in [0, 0.1) is 0 Å². The summed E-state index contributed by atoms with van der Waals surface area (Å²) < 4.78 is 6.40. The number of carbonyl (C=O) groups is 1. The Labute approximate surface area is 79.0 Å². The van der Waals surface area contributed by atoms with Crippen LogP contribution in [-0.2, 0) is 9.53 Å². The summed E-state index contributed by atoms with van der Waals surface area (Å²) in [5, 5.41) is 2.96. The second-order valence-electron chi connectivity index (χ2n) is 3.04. The molecule has 0 radical (unpaired) electrons. The summed E-state index contributed by atoms with van der Waals surface area (Å²) in [5.74, 6) is 0.589. The third-order valence-electron chi connectivity index (χ3n) is 1.47. The van der Waals surface area contributed by atoms with Gasteiger partial charge in [-0.2, -0.15) is 0 Å². The smallest absolute Gasteiger partial charge is 0.347 e. The fourth-order valence-corrected chi connectivity index (χ4v) is 0.940. The van der Waals surface area contributed by atoms with Crippen molar-refractivity contribution < 1.29 is 14.1 Å². The molecule has 0 bridgehead atoms. The van der Waals surface area contributed by atoms with E-state index in [0.717, 1.165) is 5.96 Å². The van der Waals surface area contributed by atoms with Gasteiger partial charge in [0.1, 0.15) is 0 Å². The zero-order valence-corrected chi connectivity index (χ0v) is 8.92. The van der Waals surface area contributed by atoms with Crippen molar-refractivity contribution >= 4 is 11.9 Å². The van der Waals surface area contributed by atoms with Gasteiger partial charge in [-0.1, -0.05) is 0 Å². The molecule has 0 fully saturated rings. The van der Waals surface area contributed by atoms with E-state index < -0.39 is 0 Å². The third-order valence-corrected chi connectivity index (χ3v) is 1.47. The summed E-state index contributed by atoms with van der Waals surface area (Å²) in [6.45, 7) is 0.183. The Morgan fingerprint density at radius 2 is 2.00 bits per heavy atom. The van der Waals surface area contributed by atoms with Crippen LogP contribution in [0.5, 0.6) is 0 Å². The van der Waals surface area contributed by atoms with Crippen LogP contribution in [0.25, 0.3) is 0 Å². The van der Waals surface area contributed by atoms with E-state index in [1.165, 1.54) is 7.11 Å². The first kappa shape index (κ1) is 11.7. The minimum Gasteiger partial charge on any atom is -0.467 e. The second-order valence-corrected chi connectivity index (χ2v) is 3.04. The van der Waals surface area contributed by atoms with Gasteiger partial charge in [-0.25, -0.2) is 4.79 Å². The van der Waals surface area contributed by atoms with Gasteiger partial charge in [0.05, 0.1) is 35.3 Å². The van der Waals surface area contributed by atoms with Gasteiger partial charge in [0.15, 0.2) is 6.54 Å². The number of nitrogens with one attached hydrogen (secondary N) is 1. The molecule has 5 heteroatoms. The van der Waals surface area contributed by atoms with Crippen LogP contribution < -0.4 is 5.32 Å². The molecule has 13 heavy (non-hydrogen) atoms. The van der Waals surface area contributed by atoms with E-state index in [-0.39, 0.29) is 12.5 Å².